The van der Waals surface area contributed by atoms with Gasteiger partial charge in [-0.2, -0.15) is 0 Å². The van der Waals surface area contributed by atoms with Crippen LogP contribution in [-0.2, 0) is 12.8 Å². The number of thiazole rings is 1. The highest BCUT2D eigenvalue weighted by Gasteiger charge is 2.02. The summed E-state index contributed by atoms with van der Waals surface area (Å²) in [6.45, 7) is 7.21. The van der Waals surface area contributed by atoms with Crippen molar-refractivity contribution >= 4 is 41.3 Å². The number of nitrogens with zero attached hydrogens (tertiary/aromatic N) is 2. The highest BCUT2D eigenvalue weighted by molar-refractivity contribution is 14.0. The molecule has 2 rings (SSSR count). The van der Waals surface area contributed by atoms with Gasteiger partial charge in [-0.05, 0) is 25.5 Å². The van der Waals surface area contributed by atoms with E-state index in [4.69, 9.17) is 9.47 Å². The minimum atomic E-state index is 0. The Hall–Kier alpha value is -1.55. The summed E-state index contributed by atoms with van der Waals surface area (Å²) < 4.78 is 10.9. The van der Waals surface area contributed by atoms with Crippen LogP contribution in [0.3, 0.4) is 0 Å². The van der Waals surface area contributed by atoms with Crippen molar-refractivity contribution in [2.45, 2.75) is 33.1 Å². The van der Waals surface area contributed by atoms with Crippen LogP contribution in [0.5, 0.6) is 11.5 Å². The molecule has 28 heavy (non-hydrogen) atoms. The topological polar surface area (TPSA) is 67.8 Å². The first-order valence-electron chi connectivity index (χ1n) is 9.47. The SMILES string of the molecule is CCNC(=NCCCOc1cccc(OC)c1)NCCc1ncc(CC)s1.I. The summed E-state index contributed by atoms with van der Waals surface area (Å²) in [7, 11) is 1.65. The zero-order valence-corrected chi connectivity index (χ0v) is 20.0. The van der Waals surface area contributed by atoms with Gasteiger partial charge in [0.25, 0.3) is 0 Å². The fraction of sp³-hybridized carbons (Fsp3) is 0.500. The molecular formula is C20H31IN4O2S. The Bertz CT molecular complexity index is 709. The van der Waals surface area contributed by atoms with Gasteiger partial charge in [0.1, 0.15) is 11.5 Å². The Morgan fingerprint density at radius 3 is 2.75 bits per heavy atom. The second kappa shape index (κ2) is 14.4. The first-order chi connectivity index (χ1) is 13.2. The van der Waals surface area contributed by atoms with E-state index in [9.17, 15) is 0 Å². The first-order valence-corrected chi connectivity index (χ1v) is 10.3. The molecule has 1 aromatic heterocycles. The van der Waals surface area contributed by atoms with E-state index in [1.807, 2.05) is 30.5 Å². The molecule has 0 fully saturated rings. The van der Waals surface area contributed by atoms with Gasteiger partial charge < -0.3 is 20.1 Å². The van der Waals surface area contributed by atoms with Crippen LogP contribution in [0.15, 0.2) is 35.5 Å². The second-order valence-corrected chi connectivity index (χ2v) is 7.09. The lowest BCUT2D eigenvalue weighted by Gasteiger charge is -2.11. The molecule has 0 bridgehead atoms. The monoisotopic (exact) mass is 518 g/mol. The van der Waals surface area contributed by atoms with E-state index >= 15 is 0 Å². The van der Waals surface area contributed by atoms with E-state index in [1.54, 1.807) is 18.4 Å². The lowest BCUT2D eigenvalue weighted by atomic mass is 10.3. The van der Waals surface area contributed by atoms with Gasteiger partial charge in [-0.25, -0.2) is 4.98 Å². The van der Waals surface area contributed by atoms with Gasteiger partial charge in [-0.15, -0.1) is 35.3 Å². The summed E-state index contributed by atoms with van der Waals surface area (Å²) in [6, 6.07) is 7.64. The third-order valence-corrected chi connectivity index (χ3v) is 5.01. The van der Waals surface area contributed by atoms with E-state index in [-0.39, 0.29) is 24.0 Å². The summed E-state index contributed by atoms with van der Waals surface area (Å²) in [4.78, 5) is 10.4. The number of rotatable bonds is 11. The smallest absolute Gasteiger partial charge is 0.191 e. The predicted molar refractivity (Wildman–Crippen MR) is 128 cm³/mol. The molecule has 1 heterocycles. The van der Waals surface area contributed by atoms with Crippen LogP contribution in [0.1, 0.15) is 30.2 Å². The number of hydrogen-bond donors (Lipinski definition) is 2. The van der Waals surface area contributed by atoms with E-state index in [1.165, 1.54) is 9.88 Å². The van der Waals surface area contributed by atoms with Gasteiger partial charge in [0.15, 0.2) is 5.96 Å². The normalized spacial score (nSPS) is 10.9. The summed E-state index contributed by atoms with van der Waals surface area (Å²) >= 11 is 1.79. The third kappa shape index (κ3) is 9.09. The van der Waals surface area contributed by atoms with Crippen LogP contribution < -0.4 is 20.1 Å². The van der Waals surface area contributed by atoms with E-state index in [0.717, 1.165) is 49.8 Å². The van der Waals surface area contributed by atoms with Gasteiger partial charge >= 0.3 is 0 Å². The van der Waals surface area contributed by atoms with Crippen molar-refractivity contribution in [3.05, 3.63) is 40.3 Å². The summed E-state index contributed by atoms with van der Waals surface area (Å²) in [6.07, 6.45) is 4.78. The van der Waals surface area contributed by atoms with Crippen LogP contribution in [0, 0.1) is 0 Å². The molecule has 8 heteroatoms. The van der Waals surface area contributed by atoms with Crippen LogP contribution in [0.4, 0.5) is 0 Å². The van der Waals surface area contributed by atoms with Crippen LogP contribution in [0.25, 0.3) is 0 Å². The quantitative estimate of drug-likeness (QED) is 0.205. The number of nitrogens with one attached hydrogen (secondary N) is 2. The average Bonchev–Trinajstić information content (AvgIpc) is 3.16. The molecule has 1 aromatic carbocycles. The fourth-order valence-corrected chi connectivity index (χ4v) is 3.25. The molecule has 6 nitrogen and oxygen atoms in total. The number of benzene rings is 1. The van der Waals surface area contributed by atoms with E-state index < -0.39 is 0 Å². The number of guanidine groups is 1. The van der Waals surface area contributed by atoms with E-state index in [0.29, 0.717) is 13.2 Å². The number of halogens is 1. The van der Waals surface area contributed by atoms with Gasteiger partial charge in [0.05, 0.1) is 18.7 Å². The van der Waals surface area contributed by atoms with Gasteiger partial charge in [0, 0.05) is 49.6 Å². The Kier molecular flexibility index (Phi) is 12.6. The summed E-state index contributed by atoms with van der Waals surface area (Å²) in [5, 5.41) is 7.81. The molecule has 2 N–H and O–H groups in total. The van der Waals surface area contributed by atoms with Gasteiger partial charge in [-0.3, -0.25) is 4.99 Å². The first kappa shape index (κ1) is 24.5. The Morgan fingerprint density at radius 2 is 2.04 bits per heavy atom. The molecule has 0 aliphatic heterocycles. The minimum absolute atomic E-state index is 0. The zero-order chi connectivity index (χ0) is 19.3. The molecule has 0 spiro atoms. The Balaban J connectivity index is 0.00000392. The molecule has 0 saturated heterocycles. The number of aryl methyl sites for hydroxylation is 1. The Morgan fingerprint density at radius 1 is 1.21 bits per heavy atom. The highest BCUT2D eigenvalue weighted by Crippen LogP contribution is 2.18. The average molecular weight is 518 g/mol. The second-order valence-electron chi connectivity index (χ2n) is 5.89. The number of methoxy groups -OCH3 is 1. The molecule has 0 saturated carbocycles. The maximum atomic E-state index is 5.75. The molecule has 0 amide bonds. The van der Waals surface area contributed by atoms with Crippen molar-refractivity contribution in [1.82, 2.24) is 15.6 Å². The Labute approximate surface area is 189 Å². The van der Waals surface area contributed by atoms with Gasteiger partial charge in [0.2, 0.25) is 0 Å². The zero-order valence-electron chi connectivity index (χ0n) is 16.9. The van der Waals surface area contributed by atoms with E-state index in [2.05, 4.69) is 34.5 Å². The molecule has 0 atom stereocenters. The minimum Gasteiger partial charge on any atom is -0.497 e. The lowest BCUT2D eigenvalue weighted by Crippen LogP contribution is -2.38. The largest absolute Gasteiger partial charge is 0.497 e. The van der Waals surface area contributed by atoms with Crippen molar-refractivity contribution in [2.75, 3.05) is 33.4 Å². The van der Waals surface area contributed by atoms with Crippen LogP contribution in [-0.4, -0.2) is 44.3 Å². The maximum absolute atomic E-state index is 5.75. The third-order valence-electron chi connectivity index (χ3n) is 3.81. The van der Waals surface area contributed by atoms with Crippen molar-refractivity contribution < 1.29 is 9.47 Å². The molecule has 0 aliphatic carbocycles. The number of hydrogen-bond acceptors (Lipinski definition) is 5. The number of aliphatic imine (C=N–C) groups is 1. The van der Waals surface area contributed by atoms with Crippen molar-refractivity contribution in [2.24, 2.45) is 4.99 Å². The highest BCUT2D eigenvalue weighted by atomic mass is 127. The summed E-state index contributed by atoms with van der Waals surface area (Å²) in [5.74, 6) is 2.46. The van der Waals surface area contributed by atoms with Crippen LogP contribution >= 0.6 is 35.3 Å². The molecule has 0 unspecified atom stereocenters. The fourth-order valence-electron chi connectivity index (χ4n) is 2.39. The van der Waals surface area contributed by atoms with Crippen molar-refractivity contribution in [3.8, 4) is 11.5 Å². The van der Waals surface area contributed by atoms with Crippen molar-refractivity contribution in [1.29, 1.82) is 0 Å². The molecule has 2 aromatic rings. The molecule has 0 radical (unpaired) electrons. The standard InChI is InChI=1S/C20H30N4O2S.HI/c1-4-18-15-24-19(27-18)10-12-23-20(21-5-2)22-11-7-13-26-17-9-6-8-16(14-17)25-3;/h6,8-9,14-15H,4-5,7,10-13H2,1-3H3,(H2,21,22,23);1H. The number of ether oxygens (including phenoxy) is 2. The molecule has 0 aliphatic rings. The predicted octanol–water partition coefficient (Wildman–Crippen LogP) is 3.90. The van der Waals surface area contributed by atoms with Crippen molar-refractivity contribution in [3.63, 3.8) is 0 Å². The molecule has 156 valence electrons. The number of aromatic nitrogens is 1. The van der Waals surface area contributed by atoms with Crippen LogP contribution in [0.2, 0.25) is 0 Å². The lowest BCUT2D eigenvalue weighted by molar-refractivity contribution is 0.311. The van der Waals surface area contributed by atoms with Gasteiger partial charge in [-0.1, -0.05) is 13.0 Å². The maximum Gasteiger partial charge on any atom is 0.191 e. The summed E-state index contributed by atoms with van der Waals surface area (Å²) in [5.41, 5.74) is 0. The molecular weight excluding hydrogens is 487 g/mol.